The number of rotatable bonds is 1. The van der Waals surface area contributed by atoms with Gasteiger partial charge in [0, 0.05) is 25.2 Å². The Morgan fingerprint density at radius 3 is 2.63 bits per heavy atom. The van der Waals surface area contributed by atoms with Gasteiger partial charge in [0.05, 0.1) is 16.9 Å². The zero-order valence-electron chi connectivity index (χ0n) is 11.8. The Morgan fingerprint density at radius 1 is 1.26 bits per heavy atom. The van der Waals surface area contributed by atoms with Gasteiger partial charge >= 0.3 is 0 Å². The monoisotopic (exact) mass is 259 g/mol. The molecule has 1 aliphatic rings. The van der Waals surface area contributed by atoms with E-state index in [1.54, 1.807) is 0 Å². The van der Waals surface area contributed by atoms with E-state index < -0.39 is 5.60 Å². The highest BCUT2D eigenvalue weighted by Crippen LogP contribution is 2.30. The molecule has 102 valence electrons. The average Bonchev–Trinajstić information content (AvgIpc) is 2.45. The molecule has 0 saturated carbocycles. The summed E-state index contributed by atoms with van der Waals surface area (Å²) in [6.07, 6.45) is 0. The Labute approximate surface area is 114 Å². The fourth-order valence-corrected chi connectivity index (χ4v) is 2.56. The minimum absolute atomic E-state index is 0.159. The number of nitriles is 1. The van der Waals surface area contributed by atoms with E-state index in [9.17, 15) is 10.4 Å². The molecule has 0 amide bonds. The van der Waals surface area contributed by atoms with Crippen LogP contribution in [0.3, 0.4) is 0 Å². The normalized spacial score (nSPS) is 26.6. The van der Waals surface area contributed by atoms with Crippen LogP contribution >= 0.6 is 0 Å². The first-order valence-electron chi connectivity index (χ1n) is 6.56. The quantitative estimate of drug-likeness (QED) is 0.802. The molecule has 1 aliphatic heterocycles. The molecule has 2 rings (SSSR count). The lowest BCUT2D eigenvalue weighted by Crippen LogP contribution is -2.51. The SMILES string of the molecule is CC1(O)CNCC(C)(C)N(c2ccccc2C#N)C1. The molecule has 4 nitrogen and oxygen atoms in total. The first-order chi connectivity index (χ1) is 8.86. The number of nitrogens with zero attached hydrogens (tertiary/aromatic N) is 2. The summed E-state index contributed by atoms with van der Waals surface area (Å²) < 4.78 is 0. The molecule has 1 unspecified atom stereocenters. The first-order valence-corrected chi connectivity index (χ1v) is 6.56. The minimum atomic E-state index is -0.809. The maximum absolute atomic E-state index is 10.4. The van der Waals surface area contributed by atoms with Crippen LogP contribution in [-0.2, 0) is 0 Å². The third-order valence-electron chi connectivity index (χ3n) is 3.61. The molecule has 1 saturated heterocycles. The van der Waals surface area contributed by atoms with Gasteiger partial charge in [-0.2, -0.15) is 5.26 Å². The molecule has 2 N–H and O–H groups in total. The Hall–Kier alpha value is -1.57. The number of aliphatic hydroxyl groups is 1. The van der Waals surface area contributed by atoms with E-state index in [1.807, 2.05) is 31.2 Å². The van der Waals surface area contributed by atoms with Crippen LogP contribution < -0.4 is 10.2 Å². The fraction of sp³-hybridized carbons (Fsp3) is 0.533. The van der Waals surface area contributed by atoms with Crippen molar-refractivity contribution in [3.05, 3.63) is 29.8 Å². The number of nitrogens with one attached hydrogen (secondary N) is 1. The fourth-order valence-electron chi connectivity index (χ4n) is 2.56. The zero-order chi connectivity index (χ0) is 14.1. The van der Waals surface area contributed by atoms with Crippen LogP contribution in [0.2, 0.25) is 0 Å². The van der Waals surface area contributed by atoms with Crippen molar-refractivity contribution < 1.29 is 5.11 Å². The van der Waals surface area contributed by atoms with Crippen LogP contribution in [0.4, 0.5) is 5.69 Å². The average molecular weight is 259 g/mol. The van der Waals surface area contributed by atoms with Gasteiger partial charge in [0.25, 0.3) is 0 Å². The predicted octanol–water partition coefficient (Wildman–Crippen LogP) is 1.50. The Kier molecular flexibility index (Phi) is 3.53. The second-order valence-electron chi connectivity index (χ2n) is 6.13. The molecule has 1 aromatic carbocycles. The van der Waals surface area contributed by atoms with E-state index in [0.717, 1.165) is 12.2 Å². The summed E-state index contributed by atoms with van der Waals surface area (Å²) in [5, 5.41) is 23.0. The van der Waals surface area contributed by atoms with E-state index in [0.29, 0.717) is 18.7 Å². The van der Waals surface area contributed by atoms with Gasteiger partial charge in [-0.15, -0.1) is 0 Å². The maximum atomic E-state index is 10.4. The van der Waals surface area contributed by atoms with E-state index in [1.165, 1.54) is 0 Å². The van der Waals surface area contributed by atoms with Gasteiger partial charge in [0.1, 0.15) is 6.07 Å². The molecule has 0 radical (unpaired) electrons. The molecule has 1 heterocycles. The summed E-state index contributed by atoms with van der Waals surface area (Å²) in [5.74, 6) is 0. The van der Waals surface area contributed by atoms with Crippen LogP contribution in [0.15, 0.2) is 24.3 Å². The summed E-state index contributed by atoms with van der Waals surface area (Å²) in [6, 6.07) is 9.79. The van der Waals surface area contributed by atoms with Crippen molar-refractivity contribution in [2.24, 2.45) is 0 Å². The van der Waals surface area contributed by atoms with Crippen molar-refractivity contribution in [2.75, 3.05) is 24.5 Å². The molecule has 0 aliphatic carbocycles. The second kappa shape index (κ2) is 4.84. The van der Waals surface area contributed by atoms with E-state index >= 15 is 0 Å². The maximum Gasteiger partial charge on any atom is 0.101 e. The Balaban J connectivity index is 2.46. The first kappa shape index (κ1) is 13.9. The third kappa shape index (κ3) is 2.89. The van der Waals surface area contributed by atoms with Gasteiger partial charge in [-0.3, -0.25) is 0 Å². The smallest absolute Gasteiger partial charge is 0.101 e. The number of benzene rings is 1. The molecule has 0 aromatic heterocycles. The van der Waals surface area contributed by atoms with Crippen LogP contribution in [0, 0.1) is 11.3 Å². The van der Waals surface area contributed by atoms with E-state index in [-0.39, 0.29) is 5.54 Å². The molecule has 19 heavy (non-hydrogen) atoms. The van der Waals surface area contributed by atoms with Crippen LogP contribution in [0.5, 0.6) is 0 Å². The summed E-state index contributed by atoms with van der Waals surface area (Å²) in [7, 11) is 0. The molecular formula is C15H21N3O. The standard InChI is InChI=1S/C15H21N3O/c1-14(2)9-17-10-15(3,19)11-18(14)13-7-5-4-6-12(13)8-16/h4-7,17,19H,9-11H2,1-3H3. The summed E-state index contributed by atoms with van der Waals surface area (Å²) in [6.45, 7) is 7.89. The Bertz CT molecular complexity index is 502. The summed E-state index contributed by atoms with van der Waals surface area (Å²) in [5.41, 5.74) is 0.566. The highest BCUT2D eigenvalue weighted by atomic mass is 16.3. The van der Waals surface area contributed by atoms with Gasteiger partial charge in [-0.1, -0.05) is 12.1 Å². The van der Waals surface area contributed by atoms with Crippen molar-refractivity contribution >= 4 is 5.69 Å². The van der Waals surface area contributed by atoms with Crippen molar-refractivity contribution in [2.45, 2.75) is 31.9 Å². The third-order valence-corrected chi connectivity index (χ3v) is 3.61. The number of anilines is 1. The van der Waals surface area contributed by atoms with Crippen molar-refractivity contribution in [1.82, 2.24) is 5.32 Å². The lowest BCUT2D eigenvalue weighted by atomic mass is 9.98. The summed E-state index contributed by atoms with van der Waals surface area (Å²) in [4.78, 5) is 2.13. The molecule has 0 bridgehead atoms. The van der Waals surface area contributed by atoms with E-state index in [2.05, 4.69) is 30.1 Å². The highest BCUT2D eigenvalue weighted by Gasteiger charge is 2.37. The lowest BCUT2D eigenvalue weighted by Gasteiger charge is -2.41. The second-order valence-corrected chi connectivity index (χ2v) is 6.13. The molecule has 0 spiro atoms. The summed E-state index contributed by atoms with van der Waals surface area (Å²) >= 11 is 0. The van der Waals surface area contributed by atoms with Gasteiger partial charge in [-0.05, 0) is 32.9 Å². The van der Waals surface area contributed by atoms with Crippen molar-refractivity contribution in [1.29, 1.82) is 5.26 Å². The van der Waals surface area contributed by atoms with Crippen LogP contribution in [0.25, 0.3) is 0 Å². The molecular weight excluding hydrogens is 238 g/mol. The number of hydrogen-bond donors (Lipinski definition) is 2. The largest absolute Gasteiger partial charge is 0.387 e. The molecule has 1 aromatic rings. The molecule has 1 atom stereocenters. The number of hydrogen-bond acceptors (Lipinski definition) is 4. The van der Waals surface area contributed by atoms with E-state index in [4.69, 9.17) is 0 Å². The minimum Gasteiger partial charge on any atom is -0.387 e. The van der Waals surface area contributed by atoms with Gasteiger partial charge in [-0.25, -0.2) is 0 Å². The number of para-hydroxylation sites is 1. The van der Waals surface area contributed by atoms with Gasteiger partial charge in [0.2, 0.25) is 0 Å². The lowest BCUT2D eigenvalue weighted by molar-refractivity contribution is 0.0720. The van der Waals surface area contributed by atoms with Crippen LogP contribution in [-0.4, -0.2) is 35.9 Å². The topological polar surface area (TPSA) is 59.3 Å². The molecule has 4 heteroatoms. The van der Waals surface area contributed by atoms with Crippen molar-refractivity contribution in [3.8, 4) is 6.07 Å². The van der Waals surface area contributed by atoms with Gasteiger partial charge in [0.15, 0.2) is 0 Å². The highest BCUT2D eigenvalue weighted by molar-refractivity contribution is 5.61. The van der Waals surface area contributed by atoms with Crippen molar-refractivity contribution in [3.63, 3.8) is 0 Å². The van der Waals surface area contributed by atoms with Gasteiger partial charge < -0.3 is 15.3 Å². The predicted molar refractivity (Wildman–Crippen MR) is 76.1 cm³/mol. The van der Waals surface area contributed by atoms with Crippen LogP contribution in [0.1, 0.15) is 26.3 Å². The molecule has 1 fully saturated rings. The number of β-amino-alcohol motifs (C(OH)–C–C–N with tert-alkyl or cyclic N) is 1. The zero-order valence-corrected chi connectivity index (χ0v) is 11.8. The Morgan fingerprint density at radius 2 is 1.95 bits per heavy atom.